The zero-order valence-corrected chi connectivity index (χ0v) is 15.8. The van der Waals surface area contributed by atoms with Gasteiger partial charge in [-0.2, -0.15) is 5.10 Å². The van der Waals surface area contributed by atoms with Crippen molar-refractivity contribution >= 4 is 10.0 Å². The first-order valence-electron chi connectivity index (χ1n) is 8.81. The lowest BCUT2D eigenvalue weighted by atomic mass is 9.86. The average molecular weight is 394 g/mol. The number of aromatic nitrogens is 2. The Balaban J connectivity index is 1.95. The van der Waals surface area contributed by atoms with Gasteiger partial charge in [0.15, 0.2) is 0 Å². The molecule has 0 radical (unpaired) electrons. The van der Waals surface area contributed by atoms with E-state index >= 15 is 0 Å². The van der Waals surface area contributed by atoms with Crippen LogP contribution in [0.3, 0.4) is 0 Å². The smallest absolute Gasteiger partial charge is 0.294 e. The molecular formula is C17H22N4O5S. The molecule has 1 N–H and O–H groups in total. The summed E-state index contributed by atoms with van der Waals surface area (Å²) < 4.78 is 27.8. The Hall–Kier alpha value is -2.46. The summed E-state index contributed by atoms with van der Waals surface area (Å²) in [4.78, 5) is 15.1. The van der Waals surface area contributed by atoms with Gasteiger partial charge in [0.2, 0.25) is 10.0 Å². The van der Waals surface area contributed by atoms with E-state index in [-0.39, 0.29) is 11.5 Å². The number of nitrogens with zero attached hydrogens (tertiary/aromatic N) is 3. The second-order valence-electron chi connectivity index (χ2n) is 6.51. The monoisotopic (exact) mass is 394 g/mol. The van der Waals surface area contributed by atoms with E-state index < -0.39 is 15.1 Å². The SMILES string of the molecule is CNS(=O)(=O)c1ccc(-n2nc(CO[N+](=O)[O-])cc2C2CCCCC2)cc1. The lowest BCUT2D eigenvalue weighted by molar-refractivity contribution is -0.763. The van der Waals surface area contributed by atoms with Gasteiger partial charge in [-0.15, -0.1) is 10.1 Å². The maximum Gasteiger partial charge on any atom is 0.294 e. The van der Waals surface area contributed by atoms with Crippen LogP contribution in [0.15, 0.2) is 35.2 Å². The molecule has 0 spiro atoms. The van der Waals surface area contributed by atoms with Crippen LogP contribution in [-0.2, 0) is 21.5 Å². The fourth-order valence-corrected chi connectivity index (χ4v) is 4.15. The third-order valence-corrected chi connectivity index (χ3v) is 6.22. The van der Waals surface area contributed by atoms with Crippen molar-refractivity contribution in [2.45, 2.75) is 49.5 Å². The zero-order valence-electron chi connectivity index (χ0n) is 15.0. The molecule has 1 heterocycles. The molecule has 1 aliphatic carbocycles. The molecule has 0 atom stereocenters. The quantitative estimate of drug-likeness (QED) is 0.570. The topological polar surface area (TPSA) is 116 Å². The molecule has 27 heavy (non-hydrogen) atoms. The molecule has 0 aliphatic heterocycles. The molecule has 146 valence electrons. The van der Waals surface area contributed by atoms with Crippen LogP contribution < -0.4 is 4.72 Å². The highest BCUT2D eigenvalue weighted by Crippen LogP contribution is 2.34. The van der Waals surface area contributed by atoms with Crippen LogP contribution in [0.5, 0.6) is 0 Å². The van der Waals surface area contributed by atoms with Crippen molar-refractivity contribution in [2.24, 2.45) is 0 Å². The fraction of sp³-hybridized carbons (Fsp3) is 0.471. The minimum atomic E-state index is -3.52. The maximum absolute atomic E-state index is 11.9. The van der Waals surface area contributed by atoms with Gasteiger partial charge < -0.3 is 4.84 Å². The zero-order chi connectivity index (χ0) is 19.4. The predicted octanol–water partition coefficient (Wildman–Crippen LogP) is 2.54. The molecular weight excluding hydrogens is 372 g/mol. The third-order valence-electron chi connectivity index (χ3n) is 4.79. The highest BCUT2D eigenvalue weighted by atomic mass is 32.2. The minimum Gasteiger partial charge on any atom is -0.307 e. The van der Waals surface area contributed by atoms with Gasteiger partial charge >= 0.3 is 0 Å². The van der Waals surface area contributed by atoms with Crippen molar-refractivity contribution in [3.05, 3.63) is 51.8 Å². The number of hydrogen-bond acceptors (Lipinski definition) is 6. The molecule has 3 rings (SSSR count). The first kappa shape index (κ1) is 19.3. The first-order valence-corrected chi connectivity index (χ1v) is 10.3. The second-order valence-corrected chi connectivity index (χ2v) is 8.39. The van der Waals surface area contributed by atoms with Crippen molar-refractivity contribution in [3.8, 4) is 5.69 Å². The maximum atomic E-state index is 11.9. The van der Waals surface area contributed by atoms with Gasteiger partial charge in [0, 0.05) is 11.6 Å². The summed E-state index contributed by atoms with van der Waals surface area (Å²) in [7, 11) is -2.15. The molecule has 0 bridgehead atoms. The predicted molar refractivity (Wildman–Crippen MR) is 97.4 cm³/mol. The van der Waals surface area contributed by atoms with Crippen LogP contribution in [0.25, 0.3) is 5.69 Å². The Kier molecular flexibility index (Phi) is 5.76. The van der Waals surface area contributed by atoms with E-state index in [1.807, 2.05) is 6.07 Å². The molecule has 0 saturated heterocycles. The summed E-state index contributed by atoms with van der Waals surface area (Å²) in [6.45, 7) is -0.216. The van der Waals surface area contributed by atoms with Gasteiger partial charge in [0.05, 0.1) is 16.3 Å². The largest absolute Gasteiger partial charge is 0.307 e. The normalized spacial score (nSPS) is 15.6. The third kappa shape index (κ3) is 4.45. The summed E-state index contributed by atoms with van der Waals surface area (Å²) in [6.07, 6.45) is 5.55. The standard InChI is InChI=1S/C17H22N4O5S/c1-18-27(24,25)16-9-7-15(8-10-16)20-17(13-5-3-2-4-6-13)11-14(19-20)12-26-21(22)23/h7-11,13,18H,2-6,12H2,1H3. The van der Waals surface area contributed by atoms with E-state index in [1.165, 1.54) is 25.6 Å². The Morgan fingerprint density at radius 2 is 1.93 bits per heavy atom. The van der Waals surface area contributed by atoms with Gasteiger partial charge in [-0.25, -0.2) is 17.8 Å². The van der Waals surface area contributed by atoms with E-state index in [0.717, 1.165) is 31.4 Å². The molecule has 1 aliphatic rings. The van der Waals surface area contributed by atoms with Crippen LogP contribution in [0.4, 0.5) is 0 Å². The van der Waals surface area contributed by atoms with E-state index in [9.17, 15) is 18.5 Å². The van der Waals surface area contributed by atoms with Gasteiger partial charge in [-0.05, 0) is 50.2 Å². The molecule has 1 aromatic heterocycles. The molecule has 10 heteroatoms. The molecule has 0 amide bonds. The van der Waals surface area contributed by atoms with Gasteiger partial charge in [-0.3, -0.25) is 0 Å². The molecule has 2 aromatic rings. The average Bonchev–Trinajstić information content (AvgIpc) is 3.11. The lowest BCUT2D eigenvalue weighted by Gasteiger charge is -2.22. The Morgan fingerprint density at radius 1 is 1.26 bits per heavy atom. The van der Waals surface area contributed by atoms with E-state index in [0.29, 0.717) is 17.3 Å². The lowest BCUT2D eigenvalue weighted by Crippen LogP contribution is -2.18. The number of nitrogens with one attached hydrogen (secondary N) is 1. The summed E-state index contributed by atoms with van der Waals surface area (Å²) in [5.41, 5.74) is 2.15. The van der Waals surface area contributed by atoms with Crippen LogP contribution in [0.1, 0.15) is 49.4 Å². The fourth-order valence-electron chi connectivity index (χ4n) is 3.42. The van der Waals surface area contributed by atoms with Gasteiger partial charge in [0.1, 0.15) is 6.61 Å². The van der Waals surface area contributed by atoms with Crippen molar-refractivity contribution in [1.82, 2.24) is 14.5 Å². The molecule has 1 fully saturated rings. The number of sulfonamides is 1. The van der Waals surface area contributed by atoms with Crippen molar-refractivity contribution in [3.63, 3.8) is 0 Å². The van der Waals surface area contributed by atoms with Gasteiger partial charge in [0.25, 0.3) is 5.09 Å². The van der Waals surface area contributed by atoms with Crippen LogP contribution in [0, 0.1) is 10.1 Å². The Labute approximate surface area is 157 Å². The second kappa shape index (κ2) is 8.05. The van der Waals surface area contributed by atoms with E-state index in [4.69, 9.17) is 0 Å². The number of benzene rings is 1. The molecule has 0 unspecified atom stereocenters. The molecule has 1 aromatic carbocycles. The van der Waals surface area contributed by atoms with Crippen LogP contribution in [0.2, 0.25) is 0 Å². The van der Waals surface area contributed by atoms with Crippen molar-refractivity contribution < 1.29 is 18.3 Å². The van der Waals surface area contributed by atoms with Crippen LogP contribution >= 0.6 is 0 Å². The van der Waals surface area contributed by atoms with Crippen molar-refractivity contribution in [2.75, 3.05) is 7.05 Å². The summed E-state index contributed by atoms with van der Waals surface area (Å²) in [5, 5.41) is 14.1. The van der Waals surface area contributed by atoms with E-state index in [1.54, 1.807) is 16.8 Å². The van der Waals surface area contributed by atoms with Gasteiger partial charge in [-0.1, -0.05) is 19.3 Å². The number of rotatable bonds is 7. The van der Waals surface area contributed by atoms with Crippen LogP contribution in [-0.4, -0.2) is 30.3 Å². The summed E-state index contributed by atoms with van der Waals surface area (Å²) in [6, 6.07) is 8.24. The van der Waals surface area contributed by atoms with Crippen molar-refractivity contribution in [1.29, 1.82) is 0 Å². The highest BCUT2D eigenvalue weighted by Gasteiger charge is 2.22. The number of hydrogen-bond donors (Lipinski definition) is 1. The minimum absolute atomic E-state index is 0.164. The molecule has 9 nitrogen and oxygen atoms in total. The Bertz CT molecular complexity index is 902. The summed E-state index contributed by atoms with van der Waals surface area (Å²) >= 11 is 0. The van der Waals surface area contributed by atoms with E-state index in [2.05, 4.69) is 14.7 Å². The highest BCUT2D eigenvalue weighted by molar-refractivity contribution is 7.89. The first-order chi connectivity index (χ1) is 12.9. The Morgan fingerprint density at radius 3 is 2.52 bits per heavy atom. The summed E-state index contributed by atoms with van der Waals surface area (Å²) in [5.74, 6) is 0.316. The molecule has 1 saturated carbocycles.